The van der Waals surface area contributed by atoms with Crippen molar-refractivity contribution < 1.29 is 57.3 Å². The molecule has 0 unspecified atom stereocenters. The number of nitrogens with one attached hydrogen (secondary N) is 4. The van der Waals surface area contributed by atoms with Crippen LogP contribution in [0.3, 0.4) is 0 Å². The first-order valence-corrected chi connectivity index (χ1v) is 26.4. The third-order valence-corrected chi connectivity index (χ3v) is 13.7. The Balaban J connectivity index is 0.000000287. The second-order valence-electron chi connectivity index (χ2n) is 24.5. The van der Waals surface area contributed by atoms with E-state index in [0.717, 1.165) is 0 Å². The number of esters is 2. The molecule has 2 aliphatic carbocycles. The Morgan fingerprint density at radius 2 is 1.05 bits per heavy atom. The molecule has 2 aromatic heterocycles. The quantitative estimate of drug-likeness (QED) is 0.106. The van der Waals surface area contributed by atoms with Gasteiger partial charge in [-0.25, -0.2) is 23.9 Å². The number of aryl methyl sites for hydroxylation is 2. The van der Waals surface area contributed by atoms with E-state index >= 15 is 0 Å². The van der Waals surface area contributed by atoms with Crippen LogP contribution in [-0.4, -0.2) is 171 Å². The van der Waals surface area contributed by atoms with Crippen molar-refractivity contribution in [3.05, 3.63) is 37.0 Å². The number of carbonyl (C=O) groups excluding carboxylic acids is 8. The van der Waals surface area contributed by atoms with Crippen LogP contribution in [0.2, 0.25) is 0 Å². The zero-order valence-corrected chi connectivity index (χ0v) is 48.2. The SMILES string of the molecule is C=C[C@@H]1C[C@]1(NC(=O)[C@@H]1C[C@@H](n2nnc(C)n2)CN1C(=O)[C@@H](NC(=O)OC(C)(C)C)C(C)(C)C)C(=O)OCC.C=C[C@@H]1C[C@]1(NC(=O)[C@@H]1C[C@@H](n2nnnc2C)CN1C(=O)[C@@H](NC(=O)OC(C)(C)C)C(C)(C)C)C(=O)OCC. The Morgan fingerprint density at radius 1 is 0.641 bits per heavy atom. The van der Waals surface area contributed by atoms with Gasteiger partial charge in [0.15, 0.2) is 5.82 Å². The van der Waals surface area contributed by atoms with Crippen LogP contribution in [0.25, 0.3) is 0 Å². The molecule has 2 aromatic rings. The van der Waals surface area contributed by atoms with E-state index in [-0.39, 0.29) is 51.0 Å². The zero-order valence-electron chi connectivity index (χ0n) is 48.2. The second-order valence-corrected chi connectivity index (χ2v) is 24.5. The molecule has 0 aromatic carbocycles. The van der Waals surface area contributed by atoms with Crippen molar-refractivity contribution in [3.63, 3.8) is 0 Å². The third kappa shape index (κ3) is 14.6. The van der Waals surface area contributed by atoms with Crippen LogP contribution >= 0.6 is 0 Å². The van der Waals surface area contributed by atoms with Gasteiger partial charge in [0.25, 0.3) is 0 Å². The first-order chi connectivity index (χ1) is 36.1. The van der Waals surface area contributed by atoms with Gasteiger partial charge >= 0.3 is 24.1 Å². The molecule has 4 aliphatic rings. The number of carbonyl (C=O) groups is 8. The molecule has 78 heavy (non-hydrogen) atoms. The maximum atomic E-state index is 14.1. The predicted octanol–water partition coefficient (Wildman–Crippen LogP) is 3.37. The van der Waals surface area contributed by atoms with Gasteiger partial charge < -0.3 is 50.0 Å². The van der Waals surface area contributed by atoms with E-state index < -0.39 is 117 Å². The van der Waals surface area contributed by atoms with Crippen molar-refractivity contribution >= 4 is 47.8 Å². The maximum Gasteiger partial charge on any atom is 0.408 e. The first kappa shape index (κ1) is 61.8. The lowest BCUT2D eigenvalue weighted by molar-refractivity contribution is -0.150. The molecule has 4 fully saturated rings. The van der Waals surface area contributed by atoms with Crippen LogP contribution in [0.15, 0.2) is 25.3 Å². The number of hydrogen-bond donors (Lipinski definition) is 4. The average molecular weight is 1100 g/mol. The Hall–Kier alpha value is -7.02. The fourth-order valence-electron chi connectivity index (χ4n) is 9.60. The summed E-state index contributed by atoms with van der Waals surface area (Å²) >= 11 is 0. The summed E-state index contributed by atoms with van der Waals surface area (Å²) in [6.07, 6.45) is 2.87. The van der Waals surface area contributed by atoms with Gasteiger partial charge in [-0.15, -0.1) is 28.5 Å². The van der Waals surface area contributed by atoms with Gasteiger partial charge in [0.1, 0.15) is 52.3 Å². The summed E-state index contributed by atoms with van der Waals surface area (Å²) in [5.41, 5.74) is -5.39. The van der Waals surface area contributed by atoms with E-state index in [1.807, 2.05) is 41.5 Å². The van der Waals surface area contributed by atoms with E-state index in [0.29, 0.717) is 24.5 Å². The molecule has 4 N–H and O–H groups in total. The molecule has 10 atom stereocenters. The van der Waals surface area contributed by atoms with Gasteiger partial charge in [-0.2, -0.15) is 4.80 Å². The lowest BCUT2D eigenvalue weighted by atomic mass is 9.85. The summed E-state index contributed by atoms with van der Waals surface area (Å²) in [5, 5.41) is 35.0. The first-order valence-electron chi connectivity index (χ1n) is 26.4. The van der Waals surface area contributed by atoms with Gasteiger partial charge in [-0.3, -0.25) is 19.2 Å². The van der Waals surface area contributed by atoms with Crippen LogP contribution in [0, 0.1) is 36.5 Å². The third-order valence-electron chi connectivity index (χ3n) is 13.7. The smallest absolute Gasteiger partial charge is 0.408 e. The molecule has 2 saturated heterocycles. The molecule has 6 amide bonds. The number of rotatable bonds is 16. The lowest BCUT2D eigenvalue weighted by Crippen LogP contribution is -2.59. The van der Waals surface area contributed by atoms with Crippen molar-refractivity contribution in [3.8, 4) is 0 Å². The van der Waals surface area contributed by atoms with Gasteiger partial charge in [0.2, 0.25) is 23.6 Å². The minimum absolute atomic E-state index is 0.104. The molecular weight excluding hydrogens is 1010 g/mol. The molecule has 0 bridgehead atoms. The summed E-state index contributed by atoms with van der Waals surface area (Å²) in [6.45, 7) is 36.2. The summed E-state index contributed by atoms with van der Waals surface area (Å²) in [7, 11) is 0. The number of tetrazole rings is 2. The van der Waals surface area contributed by atoms with Crippen molar-refractivity contribution in [2.24, 2.45) is 22.7 Å². The van der Waals surface area contributed by atoms with E-state index in [9.17, 15) is 38.4 Å². The van der Waals surface area contributed by atoms with Gasteiger partial charge in [-0.05, 0) is 109 Å². The molecule has 0 spiro atoms. The molecule has 4 heterocycles. The summed E-state index contributed by atoms with van der Waals surface area (Å²) in [6, 6.07) is -4.76. The Labute approximate surface area is 456 Å². The highest BCUT2D eigenvalue weighted by Crippen LogP contribution is 2.47. The molecule has 2 aliphatic heterocycles. The summed E-state index contributed by atoms with van der Waals surface area (Å²) < 4.78 is 22.8. The van der Waals surface area contributed by atoms with Crippen molar-refractivity contribution in [2.75, 3.05) is 26.3 Å². The molecule has 6 rings (SSSR count). The molecule has 432 valence electrons. The van der Waals surface area contributed by atoms with Gasteiger partial charge in [0, 0.05) is 37.8 Å². The monoisotopic (exact) mass is 1090 g/mol. The minimum atomic E-state index is -1.22. The summed E-state index contributed by atoms with van der Waals surface area (Å²) in [4.78, 5) is 111. The lowest BCUT2D eigenvalue weighted by Gasteiger charge is -2.36. The number of amides is 6. The number of hydrogen-bond acceptors (Lipinski definition) is 18. The normalized spacial score (nSPS) is 25.4. The number of ether oxygens (including phenoxy) is 4. The Kier molecular flexibility index (Phi) is 18.6. The highest BCUT2D eigenvalue weighted by atomic mass is 16.6. The molecule has 0 radical (unpaired) electrons. The van der Waals surface area contributed by atoms with Gasteiger partial charge in [0.05, 0.1) is 25.3 Å². The fraction of sp³-hybridized carbons (Fsp3) is 0.731. The molecule has 2 saturated carbocycles. The van der Waals surface area contributed by atoms with Gasteiger partial charge in [-0.1, -0.05) is 53.7 Å². The molecular formula is C52H82N14O12. The number of alkyl carbamates (subject to hydrolysis) is 2. The molecule has 26 heteroatoms. The number of aromatic nitrogens is 8. The van der Waals surface area contributed by atoms with E-state index in [1.54, 1.807) is 86.1 Å². The molecule has 26 nitrogen and oxygen atoms in total. The second kappa shape index (κ2) is 23.5. The Bertz CT molecular complexity index is 2590. The fourth-order valence-corrected chi connectivity index (χ4v) is 9.60. The maximum absolute atomic E-state index is 14.1. The van der Waals surface area contributed by atoms with Crippen LogP contribution in [0.4, 0.5) is 9.59 Å². The van der Waals surface area contributed by atoms with Crippen LogP contribution in [-0.2, 0) is 47.7 Å². The number of nitrogens with zero attached hydrogens (tertiary/aromatic N) is 10. The summed E-state index contributed by atoms with van der Waals surface area (Å²) in [5.74, 6) is -2.58. The minimum Gasteiger partial charge on any atom is -0.464 e. The van der Waals surface area contributed by atoms with Crippen molar-refractivity contribution in [1.82, 2.24) is 71.5 Å². The highest BCUT2D eigenvalue weighted by Gasteiger charge is 2.63. The highest BCUT2D eigenvalue weighted by molar-refractivity contribution is 5.98. The van der Waals surface area contributed by atoms with E-state index in [4.69, 9.17) is 18.9 Å². The van der Waals surface area contributed by atoms with Crippen LogP contribution in [0.5, 0.6) is 0 Å². The van der Waals surface area contributed by atoms with Crippen molar-refractivity contribution in [2.45, 2.75) is 195 Å². The predicted molar refractivity (Wildman–Crippen MR) is 280 cm³/mol. The van der Waals surface area contributed by atoms with Crippen LogP contribution in [0.1, 0.15) is 146 Å². The van der Waals surface area contributed by atoms with E-state index in [1.165, 1.54) is 14.6 Å². The Morgan fingerprint density at radius 3 is 1.37 bits per heavy atom. The standard InChI is InChI=1S/2C26H41N7O6/c1-10-16-13-26(16,22(36)38-11-2)28-20(34)18-12-17(33-15(3)29-30-31-33)14-32(18)21(35)19(24(4,5)6)27-23(37)39-25(7,8)9;1-10-16-13-26(16,22(36)38-11-2)28-20(34)18-12-17(33-30-15(3)29-31-33)14-32(18)21(35)19(24(4,5)6)27-23(37)39-25(7,8)9/h2*10,16-19H,1,11-14H2,2-9H3,(H,27,37)(H,28,34)/t2*16-,17-,18+,19-,26-/m11/s1. The van der Waals surface area contributed by atoms with Crippen LogP contribution < -0.4 is 21.3 Å². The zero-order chi connectivity index (χ0) is 58.7. The van der Waals surface area contributed by atoms with E-state index in [2.05, 4.69) is 65.4 Å². The van der Waals surface area contributed by atoms with Crippen molar-refractivity contribution in [1.29, 1.82) is 0 Å². The average Bonchev–Trinajstić information content (AvgIpc) is 3.76. The topological polar surface area (TPSA) is 315 Å². The largest absolute Gasteiger partial charge is 0.464 e. The number of likely N-dealkylation sites (tertiary alicyclic amines) is 2.